The van der Waals surface area contributed by atoms with Crippen molar-refractivity contribution in [1.82, 2.24) is 10.6 Å². The average molecular weight is 196 g/mol. The molecular weight excluding hydrogens is 172 g/mol. The van der Waals surface area contributed by atoms with Crippen molar-refractivity contribution in [3.63, 3.8) is 0 Å². The van der Waals surface area contributed by atoms with Gasteiger partial charge in [0.1, 0.15) is 0 Å². The molecule has 0 aromatic carbocycles. The van der Waals surface area contributed by atoms with Crippen LogP contribution in [0.3, 0.4) is 0 Å². The molecule has 14 heavy (non-hydrogen) atoms. The van der Waals surface area contributed by atoms with Gasteiger partial charge in [-0.05, 0) is 50.1 Å². The minimum atomic E-state index is 0.729. The maximum Gasteiger partial charge on any atom is 0.0195 e. The topological polar surface area (TPSA) is 24.1 Å². The highest BCUT2D eigenvalue weighted by Crippen LogP contribution is 2.36. The lowest BCUT2D eigenvalue weighted by molar-refractivity contribution is 0.310. The summed E-state index contributed by atoms with van der Waals surface area (Å²) in [7, 11) is 0. The third kappa shape index (κ3) is 2.96. The van der Waals surface area contributed by atoms with E-state index in [0.29, 0.717) is 0 Å². The van der Waals surface area contributed by atoms with Gasteiger partial charge in [0, 0.05) is 12.6 Å². The van der Waals surface area contributed by atoms with Gasteiger partial charge in [-0.25, -0.2) is 0 Å². The Bertz CT molecular complexity index is 181. The molecule has 1 aliphatic heterocycles. The molecule has 2 N–H and O–H groups in total. The van der Waals surface area contributed by atoms with E-state index in [1.807, 2.05) is 0 Å². The van der Waals surface area contributed by atoms with Crippen LogP contribution < -0.4 is 10.6 Å². The summed E-state index contributed by atoms with van der Waals surface area (Å²) in [4.78, 5) is 0. The second kappa shape index (κ2) is 4.63. The first-order chi connectivity index (χ1) is 6.75. The molecule has 1 heterocycles. The van der Waals surface area contributed by atoms with Gasteiger partial charge >= 0.3 is 0 Å². The van der Waals surface area contributed by atoms with Gasteiger partial charge in [0.15, 0.2) is 0 Å². The molecule has 4 atom stereocenters. The van der Waals surface area contributed by atoms with Gasteiger partial charge in [0.25, 0.3) is 0 Å². The van der Waals surface area contributed by atoms with Crippen LogP contribution in [-0.4, -0.2) is 25.7 Å². The molecule has 2 nitrogen and oxygen atoms in total. The molecule has 4 unspecified atom stereocenters. The fourth-order valence-electron chi connectivity index (χ4n) is 2.50. The van der Waals surface area contributed by atoms with Crippen LogP contribution in [0.2, 0.25) is 0 Å². The number of hydrogen-bond donors (Lipinski definition) is 2. The highest BCUT2D eigenvalue weighted by molar-refractivity contribution is 4.85. The van der Waals surface area contributed by atoms with E-state index in [2.05, 4.69) is 24.5 Å². The molecule has 0 aromatic rings. The van der Waals surface area contributed by atoms with Crippen LogP contribution in [0.4, 0.5) is 0 Å². The van der Waals surface area contributed by atoms with E-state index in [9.17, 15) is 0 Å². The fraction of sp³-hybridized carbons (Fsp3) is 1.00. The molecule has 1 saturated heterocycles. The molecule has 0 bridgehead atoms. The molecule has 1 saturated carbocycles. The molecule has 2 aliphatic rings. The maximum absolute atomic E-state index is 3.61. The summed E-state index contributed by atoms with van der Waals surface area (Å²) in [5.41, 5.74) is 0. The van der Waals surface area contributed by atoms with Gasteiger partial charge in [-0.15, -0.1) is 0 Å². The molecule has 2 fully saturated rings. The van der Waals surface area contributed by atoms with Gasteiger partial charge in [-0.1, -0.05) is 13.8 Å². The Morgan fingerprint density at radius 2 is 2.00 bits per heavy atom. The Balaban J connectivity index is 1.55. The standard InChI is InChI=1S/C12H24N2/c1-9-3-4-14-12(5-9)8-13-7-11-6-10(11)2/h9-14H,3-8H2,1-2H3. The quantitative estimate of drug-likeness (QED) is 0.714. The van der Waals surface area contributed by atoms with E-state index in [1.54, 1.807) is 0 Å². The SMILES string of the molecule is CC1CCNC(CNCC2CC2C)C1. The zero-order chi connectivity index (χ0) is 9.97. The Morgan fingerprint density at radius 1 is 1.21 bits per heavy atom. The summed E-state index contributed by atoms with van der Waals surface area (Å²) in [5.74, 6) is 2.89. The summed E-state index contributed by atoms with van der Waals surface area (Å²) in [6.45, 7) is 8.36. The lowest BCUT2D eigenvalue weighted by Crippen LogP contribution is -2.44. The van der Waals surface area contributed by atoms with Crippen molar-refractivity contribution in [3.05, 3.63) is 0 Å². The number of rotatable bonds is 4. The minimum Gasteiger partial charge on any atom is -0.315 e. The van der Waals surface area contributed by atoms with Crippen molar-refractivity contribution in [2.24, 2.45) is 17.8 Å². The van der Waals surface area contributed by atoms with Crippen LogP contribution in [0.25, 0.3) is 0 Å². The van der Waals surface area contributed by atoms with Crippen molar-refractivity contribution in [2.45, 2.75) is 39.2 Å². The van der Waals surface area contributed by atoms with E-state index in [0.717, 1.165) is 23.8 Å². The lowest BCUT2D eigenvalue weighted by atomic mass is 9.94. The third-order valence-corrected chi connectivity index (χ3v) is 3.83. The lowest BCUT2D eigenvalue weighted by Gasteiger charge is -2.28. The first kappa shape index (κ1) is 10.4. The van der Waals surface area contributed by atoms with E-state index >= 15 is 0 Å². The van der Waals surface area contributed by atoms with E-state index in [-0.39, 0.29) is 0 Å². The van der Waals surface area contributed by atoms with Crippen LogP contribution >= 0.6 is 0 Å². The molecule has 0 aromatic heterocycles. The highest BCUT2D eigenvalue weighted by atomic mass is 15.0. The molecule has 2 heteroatoms. The maximum atomic E-state index is 3.61. The zero-order valence-corrected chi connectivity index (χ0v) is 9.55. The zero-order valence-electron chi connectivity index (χ0n) is 9.55. The van der Waals surface area contributed by atoms with Crippen LogP contribution in [0.5, 0.6) is 0 Å². The first-order valence-corrected chi connectivity index (χ1v) is 6.20. The summed E-state index contributed by atoms with van der Waals surface area (Å²) < 4.78 is 0. The molecule has 82 valence electrons. The van der Waals surface area contributed by atoms with Crippen LogP contribution in [0.15, 0.2) is 0 Å². The van der Waals surface area contributed by atoms with Crippen molar-refractivity contribution in [1.29, 1.82) is 0 Å². The van der Waals surface area contributed by atoms with Crippen LogP contribution in [0.1, 0.15) is 33.1 Å². The third-order valence-electron chi connectivity index (χ3n) is 3.83. The van der Waals surface area contributed by atoms with Crippen molar-refractivity contribution < 1.29 is 0 Å². The van der Waals surface area contributed by atoms with Crippen LogP contribution in [0, 0.1) is 17.8 Å². The highest BCUT2D eigenvalue weighted by Gasteiger charge is 2.31. The van der Waals surface area contributed by atoms with Crippen molar-refractivity contribution in [3.8, 4) is 0 Å². The predicted octanol–water partition coefficient (Wildman–Crippen LogP) is 1.62. The molecule has 0 spiro atoms. The van der Waals surface area contributed by atoms with E-state index in [1.165, 1.54) is 38.9 Å². The van der Waals surface area contributed by atoms with E-state index < -0.39 is 0 Å². The second-order valence-corrected chi connectivity index (χ2v) is 5.41. The largest absolute Gasteiger partial charge is 0.315 e. The summed E-state index contributed by atoms with van der Waals surface area (Å²) in [5, 5.41) is 7.20. The summed E-state index contributed by atoms with van der Waals surface area (Å²) in [6, 6.07) is 0.729. The number of hydrogen-bond acceptors (Lipinski definition) is 2. The van der Waals surface area contributed by atoms with Gasteiger partial charge in [0.05, 0.1) is 0 Å². The predicted molar refractivity (Wildman–Crippen MR) is 60.3 cm³/mol. The smallest absolute Gasteiger partial charge is 0.0195 e. The first-order valence-electron chi connectivity index (χ1n) is 6.20. The normalized spacial score (nSPS) is 42.4. The van der Waals surface area contributed by atoms with Gasteiger partial charge < -0.3 is 10.6 Å². The van der Waals surface area contributed by atoms with Gasteiger partial charge in [-0.2, -0.15) is 0 Å². The molecule has 0 amide bonds. The Labute approximate surface area is 87.8 Å². The second-order valence-electron chi connectivity index (χ2n) is 5.41. The van der Waals surface area contributed by atoms with Gasteiger partial charge in [-0.3, -0.25) is 0 Å². The van der Waals surface area contributed by atoms with E-state index in [4.69, 9.17) is 0 Å². The minimum absolute atomic E-state index is 0.729. The van der Waals surface area contributed by atoms with Gasteiger partial charge in [0.2, 0.25) is 0 Å². The Hall–Kier alpha value is -0.0800. The number of piperidine rings is 1. The molecule has 0 radical (unpaired) electrons. The van der Waals surface area contributed by atoms with Crippen molar-refractivity contribution in [2.75, 3.05) is 19.6 Å². The average Bonchev–Trinajstić information content (AvgIpc) is 2.82. The fourth-order valence-corrected chi connectivity index (χ4v) is 2.50. The monoisotopic (exact) mass is 196 g/mol. The van der Waals surface area contributed by atoms with Crippen LogP contribution in [-0.2, 0) is 0 Å². The number of nitrogens with one attached hydrogen (secondary N) is 2. The van der Waals surface area contributed by atoms with Crippen molar-refractivity contribution >= 4 is 0 Å². The Kier molecular flexibility index (Phi) is 3.45. The summed E-state index contributed by atoms with van der Waals surface area (Å²) in [6.07, 6.45) is 4.16. The Morgan fingerprint density at radius 3 is 2.64 bits per heavy atom. The molecular formula is C12H24N2. The summed E-state index contributed by atoms with van der Waals surface area (Å²) >= 11 is 0. The molecule has 1 aliphatic carbocycles. The molecule has 2 rings (SSSR count).